The van der Waals surface area contributed by atoms with Crippen molar-refractivity contribution >= 4 is 21.2 Å². The van der Waals surface area contributed by atoms with Gasteiger partial charge in [0.05, 0.1) is 5.75 Å². The molecule has 0 aromatic carbocycles. The van der Waals surface area contributed by atoms with Crippen LogP contribution >= 0.6 is 11.3 Å². The monoisotopic (exact) mass is 247 g/mol. The summed E-state index contributed by atoms with van der Waals surface area (Å²) in [4.78, 5) is 1.29. The van der Waals surface area contributed by atoms with E-state index < -0.39 is 9.84 Å². The number of hydrogen-bond donors (Lipinski definition) is 1. The molecule has 15 heavy (non-hydrogen) atoms. The molecule has 0 unspecified atom stereocenters. The number of nitrogens with one attached hydrogen (secondary N) is 1. The first kappa shape index (κ1) is 12.7. The van der Waals surface area contributed by atoms with Gasteiger partial charge in [-0.05, 0) is 31.3 Å². The lowest BCUT2D eigenvalue weighted by atomic mass is 10.2. The molecule has 0 spiro atoms. The van der Waals surface area contributed by atoms with Crippen LogP contribution in [0.3, 0.4) is 0 Å². The Morgan fingerprint density at radius 1 is 1.53 bits per heavy atom. The second-order valence-corrected chi connectivity index (χ2v) is 6.91. The van der Waals surface area contributed by atoms with Gasteiger partial charge in [0, 0.05) is 17.2 Å². The minimum Gasteiger partial charge on any atom is -0.309 e. The summed E-state index contributed by atoms with van der Waals surface area (Å²) in [6.07, 6.45) is 1.95. The largest absolute Gasteiger partial charge is 0.309 e. The van der Waals surface area contributed by atoms with Crippen molar-refractivity contribution < 1.29 is 8.42 Å². The van der Waals surface area contributed by atoms with Crippen molar-refractivity contribution in [2.75, 3.05) is 18.6 Å². The van der Waals surface area contributed by atoms with E-state index in [1.54, 1.807) is 11.3 Å². The molecule has 1 atom stereocenters. The van der Waals surface area contributed by atoms with Crippen molar-refractivity contribution in [1.82, 2.24) is 5.32 Å². The van der Waals surface area contributed by atoms with Crippen molar-refractivity contribution in [3.05, 3.63) is 22.4 Å². The molecule has 0 radical (unpaired) electrons. The fourth-order valence-corrected chi connectivity index (χ4v) is 2.72. The van der Waals surface area contributed by atoms with Crippen LogP contribution in [0.2, 0.25) is 0 Å². The molecule has 0 aliphatic rings. The van der Waals surface area contributed by atoms with E-state index in [-0.39, 0.29) is 5.75 Å². The van der Waals surface area contributed by atoms with Crippen LogP contribution in [0.5, 0.6) is 0 Å². The Bertz CT molecular complexity index is 370. The maximum Gasteiger partial charge on any atom is 0.147 e. The smallest absolute Gasteiger partial charge is 0.147 e. The molecule has 0 saturated heterocycles. The molecule has 1 N–H and O–H groups in total. The average molecular weight is 247 g/mol. The third kappa shape index (κ3) is 5.30. The van der Waals surface area contributed by atoms with Gasteiger partial charge in [0.2, 0.25) is 0 Å². The molecule has 0 aliphatic heterocycles. The molecule has 1 aromatic rings. The highest BCUT2D eigenvalue weighted by atomic mass is 32.2. The van der Waals surface area contributed by atoms with Crippen LogP contribution in [-0.2, 0) is 9.84 Å². The zero-order chi connectivity index (χ0) is 11.3. The molecule has 1 rings (SSSR count). The zero-order valence-corrected chi connectivity index (χ0v) is 10.7. The highest BCUT2D eigenvalue weighted by Crippen LogP contribution is 2.17. The van der Waals surface area contributed by atoms with E-state index in [0.29, 0.717) is 12.5 Å². The van der Waals surface area contributed by atoms with Crippen molar-refractivity contribution in [1.29, 1.82) is 0 Å². The van der Waals surface area contributed by atoms with Gasteiger partial charge in [0.15, 0.2) is 0 Å². The third-order valence-electron chi connectivity index (χ3n) is 2.11. The lowest BCUT2D eigenvalue weighted by Gasteiger charge is -2.11. The van der Waals surface area contributed by atoms with E-state index in [4.69, 9.17) is 0 Å². The minimum atomic E-state index is -2.81. The Morgan fingerprint density at radius 3 is 2.80 bits per heavy atom. The first-order valence-electron chi connectivity index (χ1n) is 4.93. The summed E-state index contributed by atoms with van der Waals surface area (Å²) in [5, 5.41) is 5.35. The molecule has 1 aromatic heterocycles. The van der Waals surface area contributed by atoms with E-state index in [0.717, 1.165) is 6.54 Å². The second-order valence-electron chi connectivity index (χ2n) is 3.67. The van der Waals surface area contributed by atoms with Crippen LogP contribution in [0.1, 0.15) is 24.3 Å². The van der Waals surface area contributed by atoms with E-state index in [9.17, 15) is 8.42 Å². The Kier molecular flexibility index (Phi) is 4.76. The molecule has 0 amide bonds. The molecular weight excluding hydrogens is 230 g/mol. The van der Waals surface area contributed by atoms with Crippen molar-refractivity contribution in [2.45, 2.75) is 19.4 Å². The molecule has 0 fully saturated rings. The summed E-state index contributed by atoms with van der Waals surface area (Å²) in [6, 6.07) is 4.41. The van der Waals surface area contributed by atoms with Crippen LogP contribution in [0.25, 0.3) is 0 Å². The van der Waals surface area contributed by atoms with Gasteiger partial charge >= 0.3 is 0 Å². The van der Waals surface area contributed by atoms with Crippen molar-refractivity contribution in [3.8, 4) is 0 Å². The molecule has 3 nitrogen and oxygen atoms in total. The van der Waals surface area contributed by atoms with E-state index in [1.807, 2.05) is 11.4 Å². The fraction of sp³-hybridized carbons (Fsp3) is 0.600. The first-order chi connectivity index (χ1) is 6.99. The Balaban J connectivity index is 2.21. The predicted octanol–water partition coefficient (Wildman–Crippen LogP) is 1.83. The normalized spacial score (nSPS) is 14.0. The number of thiophene rings is 1. The van der Waals surface area contributed by atoms with Gasteiger partial charge in [-0.15, -0.1) is 11.3 Å². The van der Waals surface area contributed by atoms with E-state index >= 15 is 0 Å². The fourth-order valence-electron chi connectivity index (χ4n) is 1.29. The second kappa shape index (κ2) is 5.63. The molecular formula is C10H17NO2S2. The number of hydrogen-bond acceptors (Lipinski definition) is 4. The van der Waals surface area contributed by atoms with Gasteiger partial charge in [-0.2, -0.15) is 0 Å². The van der Waals surface area contributed by atoms with Gasteiger partial charge in [0.25, 0.3) is 0 Å². The van der Waals surface area contributed by atoms with Gasteiger partial charge in [0.1, 0.15) is 9.84 Å². The number of sulfone groups is 1. The molecule has 5 heteroatoms. The molecule has 0 saturated carbocycles. The quantitative estimate of drug-likeness (QED) is 0.780. The van der Waals surface area contributed by atoms with Crippen LogP contribution < -0.4 is 5.32 Å². The Hall–Kier alpha value is -0.390. The lowest BCUT2D eigenvalue weighted by molar-refractivity contribution is 0.567. The van der Waals surface area contributed by atoms with E-state index in [2.05, 4.69) is 18.3 Å². The van der Waals surface area contributed by atoms with Gasteiger partial charge < -0.3 is 5.32 Å². The first-order valence-corrected chi connectivity index (χ1v) is 7.87. The summed E-state index contributed by atoms with van der Waals surface area (Å²) in [7, 11) is -2.81. The molecule has 0 bridgehead atoms. The highest BCUT2D eigenvalue weighted by molar-refractivity contribution is 7.90. The maximum absolute atomic E-state index is 10.9. The minimum absolute atomic E-state index is 0.261. The maximum atomic E-state index is 10.9. The Morgan fingerprint density at radius 2 is 2.27 bits per heavy atom. The standard InChI is InChI=1S/C10H17NO2S2/c1-9(10-5-3-7-14-10)11-6-4-8-15(2,12)13/h3,5,7,9,11H,4,6,8H2,1-2H3/t9-/m0/s1. The average Bonchev–Trinajstić information content (AvgIpc) is 2.63. The third-order valence-corrected chi connectivity index (χ3v) is 4.20. The van der Waals surface area contributed by atoms with E-state index in [1.165, 1.54) is 11.1 Å². The highest BCUT2D eigenvalue weighted by Gasteiger charge is 2.06. The SMILES string of the molecule is C[C@H](NCCCS(C)(=O)=O)c1cccs1. The molecule has 86 valence electrons. The lowest BCUT2D eigenvalue weighted by Crippen LogP contribution is -2.21. The topological polar surface area (TPSA) is 46.2 Å². The zero-order valence-electron chi connectivity index (χ0n) is 9.06. The van der Waals surface area contributed by atoms with Gasteiger partial charge in [-0.1, -0.05) is 6.07 Å². The summed E-state index contributed by atoms with van der Waals surface area (Å²) in [5.74, 6) is 0.261. The van der Waals surface area contributed by atoms with Crippen LogP contribution in [0.15, 0.2) is 17.5 Å². The summed E-state index contributed by atoms with van der Waals surface area (Å²) >= 11 is 1.71. The molecule has 1 heterocycles. The Labute approximate surface area is 95.4 Å². The summed E-state index contributed by atoms with van der Waals surface area (Å²) in [6.45, 7) is 2.83. The number of rotatable bonds is 6. The summed E-state index contributed by atoms with van der Waals surface area (Å²) < 4.78 is 21.8. The van der Waals surface area contributed by atoms with Crippen molar-refractivity contribution in [3.63, 3.8) is 0 Å². The predicted molar refractivity (Wildman–Crippen MR) is 65.1 cm³/mol. The van der Waals surface area contributed by atoms with Crippen LogP contribution in [-0.4, -0.2) is 27.0 Å². The van der Waals surface area contributed by atoms with Crippen LogP contribution in [0.4, 0.5) is 0 Å². The van der Waals surface area contributed by atoms with Crippen LogP contribution in [0, 0.1) is 0 Å². The van der Waals surface area contributed by atoms with Crippen molar-refractivity contribution in [2.24, 2.45) is 0 Å². The summed E-state index contributed by atoms with van der Waals surface area (Å²) in [5.41, 5.74) is 0. The molecule has 0 aliphatic carbocycles. The van der Waals surface area contributed by atoms with Gasteiger partial charge in [-0.3, -0.25) is 0 Å². The van der Waals surface area contributed by atoms with Gasteiger partial charge in [-0.25, -0.2) is 8.42 Å².